The number of carbonyl (C=O) groups excluding carboxylic acids is 1. The minimum absolute atomic E-state index is 0.100. The van der Waals surface area contributed by atoms with E-state index in [-0.39, 0.29) is 5.91 Å². The van der Waals surface area contributed by atoms with E-state index in [1.807, 2.05) is 12.1 Å². The van der Waals surface area contributed by atoms with Crippen molar-refractivity contribution in [3.63, 3.8) is 0 Å². The van der Waals surface area contributed by atoms with Crippen LogP contribution in [0.5, 0.6) is 0 Å². The molecule has 114 valence electrons. The number of carbonyl (C=O) groups is 1. The summed E-state index contributed by atoms with van der Waals surface area (Å²) in [5, 5.41) is 2.92. The molecule has 1 amide bonds. The quantitative estimate of drug-likeness (QED) is 0.905. The van der Waals surface area contributed by atoms with Crippen LogP contribution in [0.15, 0.2) is 48.8 Å². The maximum Gasteiger partial charge on any atom is 0.255 e. The van der Waals surface area contributed by atoms with Crippen molar-refractivity contribution >= 4 is 11.6 Å². The van der Waals surface area contributed by atoms with Crippen LogP contribution in [0, 0.1) is 0 Å². The highest BCUT2D eigenvalue weighted by Crippen LogP contribution is 2.11. The summed E-state index contributed by atoms with van der Waals surface area (Å²) < 4.78 is 0. The van der Waals surface area contributed by atoms with E-state index < -0.39 is 0 Å². The molecule has 0 bridgehead atoms. The minimum atomic E-state index is -0.100. The van der Waals surface area contributed by atoms with Gasteiger partial charge in [-0.1, -0.05) is 12.1 Å². The van der Waals surface area contributed by atoms with Gasteiger partial charge in [-0.3, -0.25) is 9.78 Å². The molecule has 1 fully saturated rings. The van der Waals surface area contributed by atoms with Crippen molar-refractivity contribution in [1.29, 1.82) is 0 Å². The first kappa shape index (κ1) is 14.7. The second-order valence-electron chi connectivity index (χ2n) is 5.87. The number of nitrogens with one attached hydrogen (secondary N) is 2. The zero-order valence-electron chi connectivity index (χ0n) is 12.7. The highest BCUT2D eigenvalue weighted by molar-refractivity contribution is 6.04. The summed E-state index contributed by atoms with van der Waals surface area (Å²) in [4.78, 5) is 17.7. The Morgan fingerprint density at radius 3 is 2.36 bits per heavy atom. The van der Waals surface area contributed by atoms with Crippen molar-refractivity contribution in [2.45, 2.75) is 25.8 Å². The van der Waals surface area contributed by atoms with Crippen molar-refractivity contribution in [3.05, 3.63) is 59.9 Å². The Morgan fingerprint density at radius 2 is 1.68 bits per heavy atom. The largest absolute Gasteiger partial charge is 0.331 e. The molecule has 2 aromatic rings. The summed E-state index contributed by atoms with van der Waals surface area (Å²) in [5.74, 6) is -0.100. The van der Waals surface area contributed by atoms with E-state index >= 15 is 0 Å². The molecule has 0 radical (unpaired) electrons. The number of hydrogen-bond acceptors (Lipinski definition) is 2. The number of hydrogen-bond donors (Lipinski definition) is 2. The van der Waals surface area contributed by atoms with Crippen LogP contribution in [-0.2, 0) is 6.54 Å². The molecule has 1 aromatic heterocycles. The van der Waals surface area contributed by atoms with Gasteiger partial charge in [-0.25, -0.2) is 0 Å². The van der Waals surface area contributed by atoms with E-state index in [4.69, 9.17) is 0 Å². The fourth-order valence-corrected chi connectivity index (χ4v) is 2.93. The Balaban J connectivity index is 1.58. The van der Waals surface area contributed by atoms with Crippen molar-refractivity contribution < 1.29 is 9.69 Å². The molecular weight excluding hydrogens is 274 g/mol. The summed E-state index contributed by atoms with van der Waals surface area (Å²) in [7, 11) is 0. The fraction of sp³-hybridized carbons (Fsp3) is 0.333. The topological polar surface area (TPSA) is 46.4 Å². The summed E-state index contributed by atoms with van der Waals surface area (Å²) in [5.41, 5.74) is 2.79. The minimum Gasteiger partial charge on any atom is -0.331 e. The molecule has 1 saturated heterocycles. The van der Waals surface area contributed by atoms with E-state index in [2.05, 4.69) is 22.4 Å². The van der Waals surface area contributed by atoms with Gasteiger partial charge in [0.15, 0.2) is 0 Å². The molecule has 2 heterocycles. The smallest absolute Gasteiger partial charge is 0.255 e. The molecule has 4 nitrogen and oxygen atoms in total. The molecule has 4 heteroatoms. The molecule has 2 N–H and O–H groups in total. The summed E-state index contributed by atoms with van der Waals surface area (Å²) in [6.07, 6.45) is 7.31. The standard InChI is InChI=1S/C18H21N3O/c22-18(16-8-10-19-11-9-16)20-17-6-4-15(5-7-17)14-21-12-2-1-3-13-21/h4-11H,1-3,12-14H2,(H,20,22)/p+1. The predicted molar refractivity (Wildman–Crippen MR) is 86.9 cm³/mol. The van der Waals surface area contributed by atoms with Crippen LogP contribution in [0.1, 0.15) is 35.2 Å². The molecule has 0 aliphatic carbocycles. The van der Waals surface area contributed by atoms with Crippen molar-refractivity contribution in [2.75, 3.05) is 18.4 Å². The maximum atomic E-state index is 12.1. The van der Waals surface area contributed by atoms with Gasteiger partial charge in [-0.2, -0.15) is 0 Å². The zero-order chi connectivity index (χ0) is 15.2. The van der Waals surface area contributed by atoms with Gasteiger partial charge < -0.3 is 10.2 Å². The van der Waals surface area contributed by atoms with Gasteiger partial charge in [0.25, 0.3) is 5.91 Å². The van der Waals surface area contributed by atoms with Crippen LogP contribution in [0.4, 0.5) is 5.69 Å². The van der Waals surface area contributed by atoms with Gasteiger partial charge in [-0.15, -0.1) is 0 Å². The second-order valence-corrected chi connectivity index (χ2v) is 5.87. The van der Waals surface area contributed by atoms with Crippen LogP contribution in [0.3, 0.4) is 0 Å². The lowest BCUT2D eigenvalue weighted by molar-refractivity contribution is -0.918. The van der Waals surface area contributed by atoms with Crippen LogP contribution in [-0.4, -0.2) is 24.0 Å². The number of rotatable bonds is 4. The third-order valence-corrected chi connectivity index (χ3v) is 4.17. The van der Waals surface area contributed by atoms with Crippen molar-refractivity contribution in [1.82, 2.24) is 4.98 Å². The molecule has 0 atom stereocenters. The van der Waals surface area contributed by atoms with Crippen molar-refractivity contribution in [2.24, 2.45) is 0 Å². The van der Waals surface area contributed by atoms with Gasteiger partial charge in [0.05, 0.1) is 13.1 Å². The molecule has 1 aliphatic heterocycles. The van der Waals surface area contributed by atoms with Crippen LogP contribution >= 0.6 is 0 Å². The summed E-state index contributed by atoms with van der Waals surface area (Å²) in [6.45, 7) is 3.64. The van der Waals surface area contributed by atoms with E-state index in [0.29, 0.717) is 5.56 Å². The number of aromatic nitrogens is 1. The lowest BCUT2D eigenvalue weighted by Gasteiger charge is -2.23. The number of nitrogens with zero attached hydrogens (tertiary/aromatic N) is 1. The normalized spacial score (nSPS) is 15.5. The zero-order valence-corrected chi connectivity index (χ0v) is 12.7. The molecular formula is C18H22N3O+. The molecule has 0 saturated carbocycles. The molecule has 3 rings (SSSR count). The second kappa shape index (κ2) is 7.18. The van der Waals surface area contributed by atoms with E-state index in [1.165, 1.54) is 37.9 Å². The first-order chi connectivity index (χ1) is 10.8. The number of anilines is 1. The summed E-state index contributed by atoms with van der Waals surface area (Å²) >= 11 is 0. The maximum absolute atomic E-state index is 12.1. The number of pyridine rings is 1. The Morgan fingerprint density at radius 1 is 1.00 bits per heavy atom. The Hall–Kier alpha value is -2.20. The van der Waals surface area contributed by atoms with Gasteiger partial charge in [0, 0.05) is 29.2 Å². The van der Waals surface area contributed by atoms with E-state index in [1.54, 1.807) is 29.4 Å². The van der Waals surface area contributed by atoms with Crippen LogP contribution < -0.4 is 10.2 Å². The monoisotopic (exact) mass is 296 g/mol. The highest BCUT2D eigenvalue weighted by atomic mass is 16.1. The Kier molecular flexibility index (Phi) is 4.81. The number of quaternary nitrogens is 1. The first-order valence-corrected chi connectivity index (χ1v) is 7.95. The van der Waals surface area contributed by atoms with Gasteiger partial charge >= 0.3 is 0 Å². The van der Waals surface area contributed by atoms with Gasteiger partial charge in [-0.05, 0) is 43.5 Å². The molecule has 1 aromatic carbocycles. The molecule has 22 heavy (non-hydrogen) atoms. The first-order valence-electron chi connectivity index (χ1n) is 7.95. The van der Waals surface area contributed by atoms with Crippen molar-refractivity contribution in [3.8, 4) is 0 Å². The summed E-state index contributed by atoms with van der Waals surface area (Å²) in [6, 6.07) is 11.6. The Labute approximate surface area is 131 Å². The van der Waals surface area contributed by atoms with Gasteiger partial charge in [0.2, 0.25) is 0 Å². The predicted octanol–water partition coefficient (Wildman–Crippen LogP) is 1.90. The lowest BCUT2D eigenvalue weighted by atomic mass is 10.1. The van der Waals surface area contributed by atoms with Gasteiger partial charge in [0.1, 0.15) is 6.54 Å². The Bertz CT molecular complexity index is 604. The number of benzene rings is 1. The third-order valence-electron chi connectivity index (χ3n) is 4.17. The van der Waals surface area contributed by atoms with E-state index in [9.17, 15) is 4.79 Å². The number of piperidine rings is 1. The molecule has 0 unspecified atom stereocenters. The molecule has 1 aliphatic rings. The SMILES string of the molecule is O=C(Nc1ccc(C[NH+]2CCCCC2)cc1)c1ccncc1. The highest BCUT2D eigenvalue weighted by Gasteiger charge is 2.13. The molecule has 0 spiro atoms. The number of amides is 1. The fourth-order valence-electron chi connectivity index (χ4n) is 2.93. The van der Waals surface area contributed by atoms with Crippen LogP contribution in [0.2, 0.25) is 0 Å². The number of likely N-dealkylation sites (tertiary alicyclic amines) is 1. The average molecular weight is 296 g/mol. The average Bonchev–Trinajstić information content (AvgIpc) is 2.58. The van der Waals surface area contributed by atoms with E-state index in [0.717, 1.165) is 12.2 Å². The van der Waals surface area contributed by atoms with Crippen LogP contribution in [0.25, 0.3) is 0 Å². The third kappa shape index (κ3) is 3.92. The lowest BCUT2D eigenvalue weighted by Crippen LogP contribution is -3.11.